The molecule has 0 bridgehead atoms. The average Bonchev–Trinajstić information content (AvgIpc) is 2.49. The van der Waals surface area contributed by atoms with Crippen molar-refractivity contribution in [3.8, 4) is 0 Å². The van der Waals surface area contributed by atoms with Crippen LogP contribution in [-0.2, 0) is 4.79 Å². The summed E-state index contributed by atoms with van der Waals surface area (Å²) in [5.41, 5.74) is 7.46. The molecule has 4 N–H and O–H groups in total. The van der Waals surface area contributed by atoms with Gasteiger partial charge in [0.15, 0.2) is 0 Å². The fraction of sp³-hybridized carbons (Fsp3) is 0.294. The highest BCUT2D eigenvalue weighted by Gasteiger charge is 2.15. The van der Waals surface area contributed by atoms with Gasteiger partial charge in [0.05, 0.1) is 17.9 Å². The van der Waals surface area contributed by atoms with E-state index in [0.717, 1.165) is 11.5 Å². The van der Waals surface area contributed by atoms with E-state index in [2.05, 4.69) is 15.6 Å². The van der Waals surface area contributed by atoms with Crippen molar-refractivity contribution in [2.45, 2.75) is 26.3 Å². The third kappa shape index (κ3) is 7.17. The molecule has 1 heterocycles. The van der Waals surface area contributed by atoms with E-state index in [9.17, 15) is 4.79 Å². The summed E-state index contributed by atoms with van der Waals surface area (Å²) in [5, 5.41) is 5.97. The van der Waals surface area contributed by atoms with Crippen LogP contribution in [0.1, 0.15) is 20.3 Å². The van der Waals surface area contributed by atoms with Crippen molar-refractivity contribution in [3.63, 3.8) is 0 Å². The Morgan fingerprint density at radius 2 is 1.75 bits per heavy atom. The number of hydrogen-bond donors (Lipinski definition) is 3. The van der Waals surface area contributed by atoms with E-state index >= 15 is 0 Å². The lowest BCUT2D eigenvalue weighted by molar-refractivity contribution is -0.117. The lowest BCUT2D eigenvalue weighted by Gasteiger charge is -2.14. The first kappa shape index (κ1) is 22.2. The summed E-state index contributed by atoms with van der Waals surface area (Å²) in [6, 6.07) is 12.9. The van der Waals surface area contributed by atoms with Gasteiger partial charge in [-0.05, 0) is 36.6 Å². The normalized spacial score (nSPS) is 11.0. The monoisotopic (exact) mass is 370 g/mol. The molecule has 1 aromatic heterocycles. The van der Waals surface area contributed by atoms with Gasteiger partial charge in [-0.3, -0.25) is 4.79 Å². The smallest absolute Gasteiger partial charge is 0.241 e. The highest BCUT2D eigenvalue weighted by atomic mass is 35.5. The Morgan fingerprint density at radius 1 is 1.08 bits per heavy atom. The van der Waals surface area contributed by atoms with Gasteiger partial charge in [-0.25, -0.2) is 4.98 Å². The predicted octanol–water partition coefficient (Wildman–Crippen LogP) is 3.98. The Balaban J connectivity index is 0.00000264. The van der Waals surface area contributed by atoms with Crippen molar-refractivity contribution in [2.24, 2.45) is 11.7 Å². The number of anilines is 3. The minimum atomic E-state index is -0.498. The van der Waals surface area contributed by atoms with E-state index in [1.165, 1.54) is 0 Å². The Bertz CT molecular complexity index is 606. The summed E-state index contributed by atoms with van der Waals surface area (Å²) in [6.07, 6.45) is 2.28. The third-order valence-electron chi connectivity index (χ3n) is 3.14. The second-order valence-corrected chi connectivity index (χ2v) is 5.65. The molecule has 0 fully saturated rings. The van der Waals surface area contributed by atoms with E-state index in [0.29, 0.717) is 18.0 Å². The number of halogens is 2. The van der Waals surface area contributed by atoms with Crippen LogP contribution in [0.15, 0.2) is 48.7 Å². The van der Waals surface area contributed by atoms with Crippen LogP contribution in [0, 0.1) is 5.92 Å². The Hall–Kier alpha value is -1.82. The highest BCUT2D eigenvalue weighted by molar-refractivity contribution is 5.94. The summed E-state index contributed by atoms with van der Waals surface area (Å²) in [7, 11) is 0. The van der Waals surface area contributed by atoms with E-state index in [4.69, 9.17) is 5.73 Å². The number of pyridine rings is 1. The number of benzene rings is 1. The number of nitrogens with zero attached hydrogens (tertiary/aromatic N) is 1. The van der Waals surface area contributed by atoms with Crippen molar-refractivity contribution < 1.29 is 4.79 Å². The van der Waals surface area contributed by atoms with Crippen LogP contribution in [-0.4, -0.2) is 16.9 Å². The van der Waals surface area contributed by atoms with Gasteiger partial charge >= 0.3 is 0 Å². The standard InChI is InChI=1S/C17H22N4O.2ClH/c1-12(2)10-15(18)17(22)21-14-8-9-16(19-11-14)20-13-6-4-3-5-7-13;;/h3-9,11-12,15H,10,18H2,1-2H3,(H,19,20)(H,21,22);2*1H/t15-;;/m0../s1. The second-order valence-electron chi connectivity index (χ2n) is 5.65. The maximum atomic E-state index is 11.9. The number of hydrogen-bond acceptors (Lipinski definition) is 4. The summed E-state index contributed by atoms with van der Waals surface area (Å²) in [5.74, 6) is 0.922. The van der Waals surface area contributed by atoms with Crippen molar-refractivity contribution in [1.29, 1.82) is 0 Å². The minimum Gasteiger partial charge on any atom is -0.340 e. The molecule has 0 radical (unpaired) electrons. The molecule has 24 heavy (non-hydrogen) atoms. The third-order valence-corrected chi connectivity index (χ3v) is 3.14. The molecule has 0 saturated carbocycles. The molecule has 1 aromatic carbocycles. The summed E-state index contributed by atoms with van der Waals surface area (Å²) in [4.78, 5) is 16.2. The van der Waals surface area contributed by atoms with Gasteiger partial charge < -0.3 is 16.4 Å². The van der Waals surface area contributed by atoms with Gasteiger partial charge in [0.25, 0.3) is 0 Å². The zero-order valence-electron chi connectivity index (χ0n) is 13.7. The first-order valence-electron chi connectivity index (χ1n) is 7.39. The lowest BCUT2D eigenvalue weighted by Crippen LogP contribution is -2.36. The van der Waals surface area contributed by atoms with Gasteiger partial charge in [-0.15, -0.1) is 24.8 Å². The number of aromatic nitrogens is 1. The Kier molecular flexibility index (Phi) is 10.0. The number of rotatable bonds is 6. The van der Waals surface area contributed by atoms with E-state index in [-0.39, 0.29) is 30.7 Å². The molecule has 7 heteroatoms. The van der Waals surface area contributed by atoms with E-state index in [1.54, 1.807) is 12.3 Å². The maximum absolute atomic E-state index is 11.9. The molecule has 0 aliphatic rings. The van der Waals surface area contributed by atoms with Crippen molar-refractivity contribution in [3.05, 3.63) is 48.7 Å². The van der Waals surface area contributed by atoms with Gasteiger partial charge in [0, 0.05) is 5.69 Å². The minimum absolute atomic E-state index is 0. The second kappa shape index (κ2) is 10.9. The molecule has 0 aliphatic heterocycles. The number of nitrogens with two attached hydrogens (primary N) is 1. The van der Waals surface area contributed by atoms with Crippen LogP contribution in [0.3, 0.4) is 0 Å². The first-order valence-corrected chi connectivity index (χ1v) is 7.39. The van der Waals surface area contributed by atoms with Crippen LogP contribution in [0.4, 0.5) is 17.2 Å². The van der Waals surface area contributed by atoms with Gasteiger partial charge in [-0.2, -0.15) is 0 Å². The molecule has 0 unspecified atom stereocenters. The number of amides is 1. The zero-order chi connectivity index (χ0) is 15.9. The summed E-state index contributed by atoms with van der Waals surface area (Å²) < 4.78 is 0. The predicted molar refractivity (Wildman–Crippen MR) is 105 cm³/mol. The van der Waals surface area contributed by atoms with Gasteiger partial charge in [0.1, 0.15) is 5.82 Å². The van der Waals surface area contributed by atoms with Crippen molar-refractivity contribution in [2.75, 3.05) is 10.6 Å². The maximum Gasteiger partial charge on any atom is 0.241 e. The van der Waals surface area contributed by atoms with Crippen LogP contribution in [0.5, 0.6) is 0 Å². The largest absolute Gasteiger partial charge is 0.340 e. The molecule has 1 atom stereocenters. The highest BCUT2D eigenvalue weighted by Crippen LogP contribution is 2.16. The summed E-state index contributed by atoms with van der Waals surface area (Å²) >= 11 is 0. The number of para-hydroxylation sites is 1. The van der Waals surface area contributed by atoms with Crippen LogP contribution in [0.2, 0.25) is 0 Å². The van der Waals surface area contributed by atoms with Gasteiger partial charge in [-0.1, -0.05) is 32.0 Å². The molecule has 132 valence electrons. The molecule has 0 saturated heterocycles. The average molecular weight is 371 g/mol. The van der Waals surface area contributed by atoms with Crippen LogP contribution >= 0.6 is 24.8 Å². The fourth-order valence-corrected chi connectivity index (χ4v) is 2.06. The summed E-state index contributed by atoms with van der Waals surface area (Å²) in [6.45, 7) is 4.08. The molecule has 1 amide bonds. The zero-order valence-corrected chi connectivity index (χ0v) is 15.4. The van der Waals surface area contributed by atoms with Gasteiger partial charge in [0.2, 0.25) is 5.91 Å². The van der Waals surface area contributed by atoms with E-state index < -0.39 is 6.04 Å². The van der Waals surface area contributed by atoms with E-state index in [1.807, 2.05) is 50.2 Å². The molecular weight excluding hydrogens is 347 g/mol. The molecular formula is C17H24Cl2N4O. The number of nitrogens with one attached hydrogen (secondary N) is 2. The van der Waals surface area contributed by atoms with Crippen LogP contribution in [0.25, 0.3) is 0 Å². The number of carbonyl (C=O) groups is 1. The molecule has 0 spiro atoms. The Labute approximate surface area is 155 Å². The topological polar surface area (TPSA) is 80.0 Å². The molecule has 0 aliphatic carbocycles. The SMILES string of the molecule is CC(C)C[C@H](N)C(=O)Nc1ccc(Nc2ccccc2)nc1.Cl.Cl. The molecule has 2 rings (SSSR count). The fourth-order valence-electron chi connectivity index (χ4n) is 2.06. The first-order chi connectivity index (χ1) is 10.5. The van der Waals surface area contributed by atoms with Crippen molar-refractivity contribution in [1.82, 2.24) is 4.98 Å². The lowest BCUT2D eigenvalue weighted by atomic mass is 10.0. The molecule has 5 nitrogen and oxygen atoms in total. The quantitative estimate of drug-likeness (QED) is 0.718. The van der Waals surface area contributed by atoms with Crippen molar-refractivity contribution >= 4 is 47.9 Å². The van der Waals surface area contributed by atoms with Crippen LogP contribution < -0.4 is 16.4 Å². The molecule has 2 aromatic rings. The number of carbonyl (C=O) groups excluding carboxylic acids is 1. The Morgan fingerprint density at radius 3 is 2.29 bits per heavy atom.